The van der Waals surface area contributed by atoms with Crippen molar-refractivity contribution in [1.29, 1.82) is 0 Å². The molecule has 2 N–H and O–H groups in total. The molecule has 2 rings (SSSR count). The molecule has 5 heteroatoms. The summed E-state index contributed by atoms with van der Waals surface area (Å²) in [6.45, 7) is 4.23. The number of carbonyl (C=O) groups is 1. The zero-order valence-corrected chi connectivity index (χ0v) is 16.0. The van der Waals surface area contributed by atoms with Crippen molar-refractivity contribution in [2.24, 2.45) is 0 Å². The Balaban J connectivity index is 2.20. The van der Waals surface area contributed by atoms with Gasteiger partial charge in [0.1, 0.15) is 0 Å². The van der Waals surface area contributed by atoms with Gasteiger partial charge in [0.25, 0.3) is 0 Å². The zero-order valence-electron chi connectivity index (χ0n) is 14.4. The van der Waals surface area contributed by atoms with E-state index in [1.807, 2.05) is 18.2 Å². The number of carboxylic acids is 1. The second-order valence-corrected chi connectivity index (χ2v) is 7.23. The summed E-state index contributed by atoms with van der Waals surface area (Å²) in [5, 5.41) is 13.8. The van der Waals surface area contributed by atoms with Crippen LogP contribution in [0.25, 0.3) is 0 Å². The summed E-state index contributed by atoms with van der Waals surface area (Å²) in [5.41, 5.74) is 2.69. The van der Waals surface area contributed by atoms with Crippen molar-refractivity contribution < 1.29 is 9.90 Å². The molecule has 0 unspecified atom stereocenters. The van der Waals surface area contributed by atoms with Crippen LogP contribution < -0.4 is 5.32 Å². The van der Waals surface area contributed by atoms with Gasteiger partial charge in [0.2, 0.25) is 0 Å². The van der Waals surface area contributed by atoms with Crippen molar-refractivity contribution in [3.63, 3.8) is 0 Å². The Morgan fingerprint density at radius 2 is 2.04 bits per heavy atom. The number of anilines is 1. The first-order valence-electron chi connectivity index (χ1n) is 8.20. The highest BCUT2D eigenvalue weighted by Crippen LogP contribution is 2.33. The Bertz CT molecular complexity index is 774. The fourth-order valence-corrected chi connectivity index (χ4v) is 3.49. The quantitative estimate of drug-likeness (QED) is 0.545. The Morgan fingerprint density at radius 1 is 1.28 bits per heavy atom. The maximum Gasteiger partial charge on any atom is 0.307 e. The number of hydrogen-bond acceptors (Lipinski definition) is 3. The Hall–Kier alpha value is -1.91. The van der Waals surface area contributed by atoms with Crippen molar-refractivity contribution >= 4 is 35.0 Å². The number of benzene rings is 2. The molecule has 0 aliphatic heterocycles. The van der Waals surface area contributed by atoms with Gasteiger partial charge in [-0.2, -0.15) is 0 Å². The van der Waals surface area contributed by atoms with Crippen LogP contribution >= 0.6 is 23.4 Å². The minimum Gasteiger partial charge on any atom is -0.481 e. The lowest BCUT2D eigenvalue weighted by Gasteiger charge is -2.14. The molecular weight excluding hydrogens is 354 g/mol. The van der Waals surface area contributed by atoms with Crippen LogP contribution in [0.3, 0.4) is 0 Å². The fourth-order valence-electron chi connectivity index (χ4n) is 2.26. The normalized spacial score (nSPS) is 11.4. The molecule has 25 heavy (non-hydrogen) atoms. The Morgan fingerprint density at radius 3 is 2.68 bits per heavy atom. The summed E-state index contributed by atoms with van der Waals surface area (Å²) in [6.07, 6.45) is 4.16. The molecule has 2 aromatic carbocycles. The lowest BCUT2D eigenvalue weighted by atomic mass is 10.1. The largest absolute Gasteiger partial charge is 0.481 e. The van der Waals surface area contributed by atoms with E-state index in [4.69, 9.17) is 16.7 Å². The zero-order chi connectivity index (χ0) is 18.2. The van der Waals surface area contributed by atoms with Crippen molar-refractivity contribution in [3.05, 3.63) is 69.7 Å². The van der Waals surface area contributed by atoms with Gasteiger partial charge in [-0.25, -0.2) is 0 Å². The van der Waals surface area contributed by atoms with Gasteiger partial charge < -0.3 is 10.4 Å². The van der Waals surface area contributed by atoms with Crippen LogP contribution in [0.4, 0.5) is 5.69 Å². The van der Waals surface area contributed by atoms with Crippen LogP contribution in [0.5, 0.6) is 0 Å². The summed E-state index contributed by atoms with van der Waals surface area (Å²) >= 11 is 8.00. The van der Waals surface area contributed by atoms with E-state index in [9.17, 15) is 4.79 Å². The van der Waals surface area contributed by atoms with Crippen LogP contribution in [0.15, 0.2) is 58.5 Å². The van der Waals surface area contributed by atoms with Crippen molar-refractivity contribution in [2.75, 3.05) is 5.32 Å². The molecule has 0 atom stereocenters. The van der Waals surface area contributed by atoms with Crippen molar-refractivity contribution in [3.8, 4) is 0 Å². The summed E-state index contributed by atoms with van der Waals surface area (Å²) < 4.78 is 0. The molecule has 0 saturated carbocycles. The van der Waals surface area contributed by atoms with E-state index in [0.717, 1.165) is 23.6 Å². The number of nitrogens with one attached hydrogen (secondary N) is 1. The maximum absolute atomic E-state index is 10.8. The molecule has 2 aromatic rings. The topological polar surface area (TPSA) is 49.3 Å². The average Bonchev–Trinajstić information content (AvgIpc) is 2.56. The fraction of sp³-hybridized carbons (Fsp3) is 0.250. The number of thioether (sulfide) groups is 1. The van der Waals surface area contributed by atoms with Gasteiger partial charge in [-0.05, 0) is 42.7 Å². The molecule has 0 heterocycles. The smallest absolute Gasteiger partial charge is 0.307 e. The first kappa shape index (κ1) is 19.4. The van der Waals surface area contributed by atoms with Gasteiger partial charge in [-0.3, -0.25) is 4.79 Å². The number of hydrogen-bond donors (Lipinski definition) is 2. The summed E-state index contributed by atoms with van der Waals surface area (Å²) in [4.78, 5) is 12.0. The number of carboxylic acid groups (broad SMARTS) is 1. The number of unbranched alkanes of at least 4 members (excludes halogenated alkanes) is 1. The van der Waals surface area contributed by atoms with E-state index in [-0.39, 0.29) is 6.42 Å². The monoisotopic (exact) mass is 375 g/mol. The van der Waals surface area contributed by atoms with Crippen molar-refractivity contribution in [1.82, 2.24) is 0 Å². The van der Waals surface area contributed by atoms with Crippen molar-refractivity contribution in [2.45, 2.75) is 38.0 Å². The minimum absolute atomic E-state index is 0.0313. The van der Waals surface area contributed by atoms with E-state index >= 15 is 0 Å². The molecule has 0 spiro atoms. The first-order chi connectivity index (χ1) is 12.0. The number of aliphatic carboxylic acids is 1. The Labute approximate surface area is 158 Å². The van der Waals surface area contributed by atoms with E-state index in [2.05, 4.69) is 37.4 Å². The maximum atomic E-state index is 10.8. The second-order valence-electron chi connectivity index (χ2n) is 5.73. The second kappa shape index (κ2) is 9.54. The van der Waals surface area contributed by atoms with Crippen LogP contribution in [0.1, 0.15) is 30.9 Å². The highest BCUT2D eigenvalue weighted by Gasteiger charge is 2.09. The summed E-state index contributed by atoms with van der Waals surface area (Å²) in [7, 11) is 0. The van der Waals surface area contributed by atoms with Crippen LogP contribution in [0, 0.1) is 6.92 Å². The van der Waals surface area contributed by atoms with Crippen LogP contribution in [-0.2, 0) is 11.2 Å². The highest BCUT2D eigenvalue weighted by molar-refractivity contribution is 8.03. The SMILES string of the molecule is CCC/C=C(\Nc1ccc(CC(=O)O)cc1Cl)Sc1ccccc1C. The minimum atomic E-state index is -0.865. The molecule has 0 saturated heterocycles. The number of halogens is 1. The predicted molar refractivity (Wildman–Crippen MR) is 106 cm³/mol. The highest BCUT2D eigenvalue weighted by atomic mass is 35.5. The molecule has 0 fully saturated rings. The third-order valence-electron chi connectivity index (χ3n) is 3.58. The summed E-state index contributed by atoms with van der Waals surface area (Å²) in [6, 6.07) is 13.6. The van der Waals surface area contributed by atoms with Crippen LogP contribution in [0.2, 0.25) is 5.02 Å². The molecule has 0 radical (unpaired) electrons. The molecule has 0 aliphatic carbocycles. The van der Waals surface area contributed by atoms with Gasteiger partial charge in [0.15, 0.2) is 0 Å². The number of aryl methyl sites for hydroxylation is 1. The molecule has 0 aromatic heterocycles. The first-order valence-corrected chi connectivity index (χ1v) is 9.40. The third-order valence-corrected chi connectivity index (χ3v) is 5.06. The predicted octanol–water partition coefficient (Wildman–Crippen LogP) is 6.12. The number of rotatable bonds is 8. The lowest BCUT2D eigenvalue weighted by molar-refractivity contribution is -0.136. The summed E-state index contributed by atoms with van der Waals surface area (Å²) in [5.74, 6) is -0.865. The molecule has 3 nitrogen and oxygen atoms in total. The standard InChI is InChI=1S/C20H22ClNO2S/c1-3-4-9-19(25-18-8-6-5-7-14(18)2)22-17-11-10-15(12-16(17)21)13-20(23)24/h5-12,22H,3-4,13H2,1-2H3,(H,23,24)/b19-9+. The van der Waals surface area contributed by atoms with E-state index < -0.39 is 5.97 Å². The molecule has 0 bridgehead atoms. The van der Waals surface area contributed by atoms with Gasteiger partial charge in [0.05, 0.1) is 22.2 Å². The van der Waals surface area contributed by atoms with E-state index in [0.29, 0.717) is 10.6 Å². The lowest BCUT2D eigenvalue weighted by Crippen LogP contribution is -2.02. The molecule has 132 valence electrons. The van der Waals surface area contributed by atoms with Gasteiger partial charge in [0, 0.05) is 4.90 Å². The van der Waals surface area contributed by atoms with Gasteiger partial charge >= 0.3 is 5.97 Å². The molecular formula is C20H22ClNO2S. The molecule has 0 amide bonds. The number of allylic oxidation sites excluding steroid dienone is 1. The Kier molecular flexibility index (Phi) is 7.41. The van der Waals surface area contributed by atoms with Crippen LogP contribution in [-0.4, -0.2) is 11.1 Å². The average molecular weight is 376 g/mol. The van der Waals surface area contributed by atoms with Gasteiger partial charge in [-0.1, -0.05) is 67.0 Å². The van der Waals surface area contributed by atoms with Gasteiger partial charge in [-0.15, -0.1) is 0 Å². The molecule has 0 aliphatic rings. The van der Waals surface area contributed by atoms with E-state index in [1.165, 1.54) is 10.5 Å². The van der Waals surface area contributed by atoms with E-state index in [1.54, 1.807) is 23.9 Å². The third kappa shape index (κ3) is 6.15.